The van der Waals surface area contributed by atoms with Crippen molar-refractivity contribution >= 4 is 5.78 Å². The molecule has 2 nitrogen and oxygen atoms in total. The normalized spacial score (nSPS) is 31.3. The molecule has 1 heterocycles. The van der Waals surface area contributed by atoms with Crippen LogP contribution in [-0.4, -0.2) is 25.0 Å². The van der Waals surface area contributed by atoms with Crippen LogP contribution >= 0.6 is 0 Å². The zero-order chi connectivity index (χ0) is 13.2. The Morgan fingerprint density at radius 3 is 2.17 bits per heavy atom. The number of halogens is 3. The molecule has 0 spiro atoms. The van der Waals surface area contributed by atoms with Gasteiger partial charge in [-0.3, -0.25) is 4.79 Å². The van der Waals surface area contributed by atoms with Crippen LogP contribution in [0.5, 0.6) is 0 Å². The maximum absolute atomic E-state index is 13.3. The number of Topliss-reactive ketones (excluding diaryl/α,β-unsaturated/α-hetero) is 1. The summed E-state index contributed by atoms with van der Waals surface area (Å²) in [6, 6.07) is 0. The van der Waals surface area contributed by atoms with Crippen LogP contribution in [-0.2, 0) is 4.79 Å². The molecular weight excluding hydrogens is 243 g/mol. The van der Waals surface area contributed by atoms with Crippen molar-refractivity contribution in [1.29, 1.82) is 0 Å². The molecule has 5 heteroatoms. The van der Waals surface area contributed by atoms with E-state index in [-0.39, 0.29) is 25.4 Å². The summed E-state index contributed by atoms with van der Waals surface area (Å²) < 4.78 is 39.8. The minimum atomic E-state index is -4.42. The van der Waals surface area contributed by atoms with Gasteiger partial charge in [0.2, 0.25) is 0 Å². The molecule has 18 heavy (non-hydrogen) atoms. The van der Waals surface area contributed by atoms with Crippen molar-refractivity contribution in [2.45, 2.75) is 51.1 Å². The molecule has 2 rings (SSSR count). The van der Waals surface area contributed by atoms with Crippen molar-refractivity contribution in [3.05, 3.63) is 0 Å². The lowest BCUT2D eigenvalue weighted by atomic mass is 9.74. The van der Waals surface area contributed by atoms with Gasteiger partial charge in [-0.05, 0) is 25.8 Å². The molecule has 0 amide bonds. The van der Waals surface area contributed by atoms with Gasteiger partial charge in [-0.2, -0.15) is 13.2 Å². The first-order valence-corrected chi connectivity index (χ1v) is 6.79. The number of nitrogens with one attached hydrogen (secondary N) is 1. The molecule has 0 radical (unpaired) electrons. The van der Waals surface area contributed by atoms with E-state index in [1.165, 1.54) is 0 Å². The Hall–Kier alpha value is -0.580. The van der Waals surface area contributed by atoms with Crippen LogP contribution in [0.4, 0.5) is 13.2 Å². The molecule has 1 atom stereocenters. The van der Waals surface area contributed by atoms with Crippen molar-refractivity contribution in [3.8, 4) is 0 Å². The van der Waals surface area contributed by atoms with Gasteiger partial charge in [0.15, 0.2) is 5.78 Å². The van der Waals surface area contributed by atoms with E-state index in [0.717, 1.165) is 25.7 Å². The highest BCUT2D eigenvalue weighted by Crippen LogP contribution is 2.46. The second kappa shape index (κ2) is 5.19. The molecule has 1 aliphatic carbocycles. The Bertz CT molecular complexity index is 300. The number of ketones is 1. The molecule has 2 fully saturated rings. The molecule has 1 unspecified atom stereocenters. The van der Waals surface area contributed by atoms with Crippen LogP contribution < -0.4 is 5.32 Å². The van der Waals surface area contributed by atoms with Crippen LogP contribution in [0.3, 0.4) is 0 Å². The van der Waals surface area contributed by atoms with Crippen LogP contribution in [0.1, 0.15) is 44.9 Å². The monoisotopic (exact) mass is 263 g/mol. The van der Waals surface area contributed by atoms with Crippen LogP contribution in [0.15, 0.2) is 0 Å². The summed E-state index contributed by atoms with van der Waals surface area (Å²) in [6.07, 6.45) is 0.622. The van der Waals surface area contributed by atoms with E-state index >= 15 is 0 Å². The highest BCUT2D eigenvalue weighted by molar-refractivity contribution is 5.88. The van der Waals surface area contributed by atoms with E-state index in [1.807, 2.05) is 0 Å². The second-order valence-corrected chi connectivity index (χ2v) is 5.56. The molecule has 1 saturated heterocycles. The summed E-state index contributed by atoms with van der Waals surface area (Å²) in [5, 5.41) is 2.71. The SMILES string of the molecule is O=C(C1CCCCCC1)C1(C(F)(F)F)CCNC1. The van der Waals surface area contributed by atoms with Gasteiger partial charge >= 0.3 is 6.18 Å². The van der Waals surface area contributed by atoms with Gasteiger partial charge in [-0.15, -0.1) is 0 Å². The third-order valence-corrected chi connectivity index (χ3v) is 4.40. The van der Waals surface area contributed by atoms with E-state index in [1.54, 1.807) is 0 Å². The number of carbonyl (C=O) groups is 1. The van der Waals surface area contributed by atoms with Gasteiger partial charge in [0, 0.05) is 12.5 Å². The Labute approximate surface area is 105 Å². The third kappa shape index (κ3) is 2.42. The molecule has 0 aromatic rings. The van der Waals surface area contributed by atoms with E-state index < -0.39 is 17.4 Å². The van der Waals surface area contributed by atoms with E-state index in [0.29, 0.717) is 12.8 Å². The fourth-order valence-corrected chi connectivity index (χ4v) is 3.22. The average molecular weight is 263 g/mol. The first-order chi connectivity index (χ1) is 8.47. The minimum Gasteiger partial charge on any atom is -0.315 e. The van der Waals surface area contributed by atoms with E-state index in [9.17, 15) is 18.0 Å². The average Bonchev–Trinajstić information content (AvgIpc) is 2.66. The van der Waals surface area contributed by atoms with Crippen molar-refractivity contribution in [2.75, 3.05) is 13.1 Å². The lowest BCUT2D eigenvalue weighted by molar-refractivity contribution is -0.217. The van der Waals surface area contributed by atoms with Gasteiger partial charge in [0.1, 0.15) is 5.41 Å². The highest BCUT2D eigenvalue weighted by atomic mass is 19.4. The number of carbonyl (C=O) groups excluding carboxylic acids is 1. The standard InChI is InChI=1S/C13H20F3NO/c14-13(15,16)12(7-8-17-9-12)11(18)10-5-3-1-2-4-6-10/h10,17H,1-9H2. The summed E-state index contributed by atoms with van der Waals surface area (Å²) >= 11 is 0. The maximum atomic E-state index is 13.3. The molecule has 1 aliphatic heterocycles. The first-order valence-electron chi connectivity index (χ1n) is 6.79. The summed E-state index contributed by atoms with van der Waals surface area (Å²) in [5.74, 6) is -0.934. The van der Waals surface area contributed by atoms with Crippen molar-refractivity contribution in [1.82, 2.24) is 5.32 Å². The summed E-state index contributed by atoms with van der Waals surface area (Å²) in [6.45, 7) is 0.0593. The molecule has 2 aliphatic rings. The minimum absolute atomic E-state index is 0.0914. The quantitative estimate of drug-likeness (QED) is 0.776. The predicted molar refractivity (Wildman–Crippen MR) is 62.2 cm³/mol. The van der Waals surface area contributed by atoms with Gasteiger partial charge in [0.05, 0.1) is 0 Å². The Morgan fingerprint density at radius 2 is 1.72 bits per heavy atom. The summed E-state index contributed by atoms with van der Waals surface area (Å²) in [4.78, 5) is 12.4. The third-order valence-electron chi connectivity index (χ3n) is 4.40. The fraction of sp³-hybridized carbons (Fsp3) is 0.923. The lowest BCUT2D eigenvalue weighted by Gasteiger charge is -2.32. The molecule has 1 saturated carbocycles. The van der Waals surface area contributed by atoms with Gasteiger partial charge < -0.3 is 5.32 Å². The molecule has 104 valence electrons. The fourth-order valence-electron chi connectivity index (χ4n) is 3.22. The smallest absolute Gasteiger partial charge is 0.315 e. The largest absolute Gasteiger partial charge is 0.402 e. The molecular formula is C13H20F3NO. The number of rotatable bonds is 2. The lowest BCUT2D eigenvalue weighted by Crippen LogP contribution is -2.49. The molecule has 0 aromatic carbocycles. The maximum Gasteiger partial charge on any atom is 0.402 e. The zero-order valence-corrected chi connectivity index (χ0v) is 10.5. The van der Waals surface area contributed by atoms with Gasteiger partial charge in [0.25, 0.3) is 0 Å². The summed E-state index contributed by atoms with van der Waals surface area (Å²) in [5.41, 5.74) is -2.11. The van der Waals surface area contributed by atoms with Crippen LogP contribution in [0.25, 0.3) is 0 Å². The van der Waals surface area contributed by atoms with E-state index in [4.69, 9.17) is 0 Å². The van der Waals surface area contributed by atoms with Crippen molar-refractivity contribution < 1.29 is 18.0 Å². The zero-order valence-electron chi connectivity index (χ0n) is 10.5. The molecule has 1 N–H and O–H groups in total. The molecule has 0 aromatic heterocycles. The van der Waals surface area contributed by atoms with Gasteiger partial charge in [-0.1, -0.05) is 25.7 Å². The second-order valence-electron chi connectivity index (χ2n) is 5.56. The van der Waals surface area contributed by atoms with Crippen LogP contribution in [0.2, 0.25) is 0 Å². The topological polar surface area (TPSA) is 29.1 Å². The van der Waals surface area contributed by atoms with Gasteiger partial charge in [-0.25, -0.2) is 0 Å². The van der Waals surface area contributed by atoms with Crippen molar-refractivity contribution in [2.24, 2.45) is 11.3 Å². The summed E-state index contributed by atoms with van der Waals surface area (Å²) in [7, 11) is 0. The first kappa shape index (κ1) is 13.8. The number of hydrogen-bond acceptors (Lipinski definition) is 2. The number of alkyl halides is 3. The van der Waals surface area contributed by atoms with Crippen LogP contribution in [0, 0.1) is 11.3 Å². The molecule has 0 bridgehead atoms. The van der Waals surface area contributed by atoms with Crippen molar-refractivity contribution in [3.63, 3.8) is 0 Å². The Morgan fingerprint density at radius 1 is 1.11 bits per heavy atom. The highest BCUT2D eigenvalue weighted by Gasteiger charge is 2.61. The Kier molecular flexibility index (Phi) is 3.99. The van der Waals surface area contributed by atoms with E-state index in [2.05, 4.69) is 5.32 Å². The predicted octanol–water partition coefficient (Wildman–Crippen LogP) is 3.07. The number of hydrogen-bond donors (Lipinski definition) is 1. The Balaban J connectivity index is 2.18.